The molecule has 1 N–H and O–H groups in total. The molecule has 0 aromatic carbocycles. The third-order valence-corrected chi connectivity index (χ3v) is 3.34. The molecule has 0 aromatic rings. The van der Waals surface area contributed by atoms with Crippen LogP contribution in [0.25, 0.3) is 0 Å². The van der Waals surface area contributed by atoms with E-state index >= 15 is 0 Å². The van der Waals surface area contributed by atoms with E-state index in [1.807, 2.05) is 0 Å². The standard InChI is InChI=1S/C9H16O2/c1-6-5-9(6,10)8-3-4-11-7(8)2/h6-8,10H,3-5H2,1-2H3. The summed E-state index contributed by atoms with van der Waals surface area (Å²) < 4.78 is 5.42. The fraction of sp³-hybridized carbons (Fsp3) is 1.00. The molecule has 1 saturated heterocycles. The third kappa shape index (κ3) is 1.00. The van der Waals surface area contributed by atoms with Gasteiger partial charge in [-0.05, 0) is 25.7 Å². The van der Waals surface area contributed by atoms with Crippen molar-refractivity contribution in [2.24, 2.45) is 11.8 Å². The Morgan fingerprint density at radius 2 is 2.09 bits per heavy atom. The Kier molecular flexibility index (Phi) is 1.52. The molecule has 1 aliphatic carbocycles. The Morgan fingerprint density at radius 1 is 1.45 bits per heavy atom. The predicted molar refractivity (Wildman–Crippen MR) is 42.3 cm³/mol. The molecule has 2 aliphatic rings. The Bertz CT molecular complexity index is 169. The van der Waals surface area contributed by atoms with Gasteiger partial charge in [-0.15, -0.1) is 0 Å². The lowest BCUT2D eigenvalue weighted by atomic mass is 9.92. The van der Waals surface area contributed by atoms with E-state index in [1.165, 1.54) is 0 Å². The van der Waals surface area contributed by atoms with Crippen molar-refractivity contribution in [2.75, 3.05) is 6.61 Å². The summed E-state index contributed by atoms with van der Waals surface area (Å²) in [6, 6.07) is 0. The molecule has 11 heavy (non-hydrogen) atoms. The lowest BCUT2D eigenvalue weighted by Gasteiger charge is -2.20. The van der Waals surface area contributed by atoms with Gasteiger partial charge in [-0.3, -0.25) is 0 Å². The van der Waals surface area contributed by atoms with Crippen LogP contribution in [0.5, 0.6) is 0 Å². The van der Waals surface area contributed by atoms with E-state index in [0.717, 1.165) is 19.4 Å². The molecule has 0 radical (unpaired) electrons. The predicted octanol–water partition coefficient (Wildman–Crippen LogP) is 1.18. The number of rotatable bonds is 1. The molecule has 0 bridgehead atoms. The first-order valence-electron chi connectivity index (χ1n) is 4.48. The van der Waals surface area contributed by atoms with Gasteiger partial charge in [-0.25, -0.2) is 0 Å². The van der Waals surface area contributed by atoms with E-state index < -0.39 is 0 Å². The summed E-state index contributed by atoms with van der Waals surface area (Å²) in [5.41, 5.74) is -0.365. The summed E-state index contributed by atoms with van der Waals surface area (Å²) in [6.45, 7) is 5.02. The Hall–Kier alpha value is -0.0800. The van der Waals surface area contributed by atoms with Crippen molar-refractivity contribution in [1.82, 2.24) is 0 Å². The minimum absolute atomic E-state index is 0.268. The van der Waals surface area contributed by atoms with E-state index in [-0.39, 0.29) is 11.7 Å². The van der Waals surface area contributed by atoms with E-state index in [1.54, 1.807) is 0 Å². The van der Waals surface area contributed by atoms with Crippen molar-refractivity contribution in [3.05, 3.63) is 0 Å². The maximum absolute atomic E-state index is 9.99. The highest BCUT2D eigenvalue weighted by Gasteiger charge is 2.57. The fourth-order valence-corrected chi connectivity index (χ4v) is 2.34. The largest absolute Gasteiger partial charge is 0.389 e. The van der Waals surface area contributed by atoms with Crippen LogP contribution < -0.4 is 0 Å². The molecular formula is C9H16O2. The molecule has 2 heteroatoms. The second-order valence-electron chi connectivity index (χ2n) is 4.07. The van der Waals surface area contributed by atoms with Crippen molar-refractivity contribution >= 4 is 0 Å². The summed E-state index contributed by atoms with van der Waals surface area (Å²) >= 11 is 0. The highest BCUT2D eigenvalue weighted by molar-refractivity contribution is 5.07. The molecule has 4 unspecified atom stereocenters. The van der Waals surface area contributed by atoms with Gasteiger partial charge in [0.15, 0.2) is 0 Å². The Balaban J connectivity index is 2.05. The van der Waals surface area contributed by atoms with Crippen molar-refractivity contribution in [3.63, 3.8) is 0 Å². The van der Waals surface area contributed by atoms with Gasteiger partial charge in [0.2, 0.25) is 0 Å². The molecule has 64 valence electrons. The normalized spacial score (nSPS) is 56.5. The van der Waals surface area contributed by atoms with E-state index in [9.17, 15) is 5.11 Å². The van der Waals surface area contributed by atoms with Gasteiger partial charge in [0.05, 0.1) is 11.7 Å². The van der Waals surface area contributed by atoms with Gasteiger partial charge in [-0.1, -0.05) is 6.92 Å². The van der Waals surface area contributed by atoms with Crippen molar-refractivity contribution in [1.29, 1.82) is 0 Å². The average Bonchev–Trinajstić information content (AvgIpc) is 2.43. The van der Waals surface area contributed by atoms with E-state index in [4.69, 9.17) is 4.74 Å². The van der Waals surface area contributed by atoms with Crippen LogP contribution in [-0.2, 0) is 4.74 Å². The van der Waals surface area contributed by atoms with Crippen LogP contribution in [0, 0.1) is 11.8 Å². The molecular weight excluding hydrogens is 140 g/mol. The number of hydrogen-bond donors (Lipinski definition) is 1. The molecule has 2 fully saturated rings. The lowest BCUT2D eigenvalue weighted by Crippen LogP contribution is -2.29. The Morgan fingerprint density at radius 3 is 2.45 bits per heavy atom. The summed E-state index contributed by atoms with van der Waals surface area (Å²) in [6.07, 6.45) is 2.29. The van der Waals surface area contributed by atoms with Gasteiger partial charge >= 0.3 is 0 Å². The SMILES string of the molecule is CC1OCCC1C1(O)CC1C. The zero-order valence-electron chi connectivity index (χ0n) is 7.21. The monoisotopic (exact) mass is 156 g/mol. The Labute approximate surface area is 67.6 Å². The molecule has 2 rings (SSSR count). The first-order valence-corrected chi connectivity index (χ1v) is 4.48. The van der Waals surface area contributed by atoms with Crippen LogP contribution in [0.1, 0.15) is 26.7 Å². The first-order chi connectivity index (χ1) is 5.14. The maximum Gasteiger partial charge on any atom is 0.0731 e. The average molecular weight is 156 g/mol. The molecule has 0 spiro atoms. The number of aliphatic hydroxyl groups is 1. The zero-order valence-corrected chi connectivity index (χ0v) is 7.21. The smallest absolute Gasteiger partial charge is 0.0731 e. The molecule has 1 heterocycles. The second-order valence-corrected chi connectivity index (χ2v) is 4.07. The molecule has 1 saturated carbocycles. The summed E-state index contributed by atoms with van der Waals surface area (Å²) in [4.78, 5) is 0. The van der Waals surface area contributed by atoms with Gasteiger partial charge in [0, 0.05) is 12.5 Å². The highest BCUT2D eigenvalue weighted by atomic mass is 16.5. The van der Waals surface area contributed by atoms with E-state index in [0.29, 0.717) is 11.8 Å². The summed E-state index contributed by atoms with van der Waals surface area (Å²) in [7, 11) is 0. The second kappa shape index (κ2) is 2.20. The van der Waals surface area contributed by atoms with Gasteiger partial charge in [0.25, 0.3) is 0 Å². The van der Waals surface area contributed by atoms with Crippen LogP contribution >= 0.6 is 0 Å². The molecule has 0 aromatic heterocycles. The fourth-order valence-electron chi connectivity index (χ4n) is 2.34. The van der Waals surface area contributed by atoms with E-state index in [2.05, 4.69) is 13.8 Å². The third-order valence-electron chi connectivity index (χ3n) is 3.34. The topological polar surface area (TPSA) is 29.5 Å². The van der Waals surface area contributed by atoms with Crippen LogP contribution in [-0.4, -0.2) is 23.4 Å². The number of ether oxygens (including phenoxy) is 1. The summed E-state index contributed by atoms with van der Waals surface area (Å²) in [5, 5.41) is 9.99. The quantitative estimate of drug-likeness (QED) is 0.617. The van der Waals surface area contributed by atoms with Crippen molar-refractivity contribution < 1.29 is 9.84 Å². The molecule has 1 aliphatic heterocycles. The number of hydrogen-bond acceptors (Lipinski definition) is 2. The first kappa shape index (κ1) is 7.56. The van der Waals surface area contributed by atoms with Crippen LogP contribution in [0.4, 0.5) is 0 Å². The maximum atomic E-state index is 9.99. The van der Waals surface area contributed by atoms with Gasteiger partial charge < -0.3 is 9.84 Å². The van der Waals surface area contributed by atoms with Gasteiger partial charge in [-0.2, -0.15) is 0 Å². The van der Waals surface area contributed by atoms with Crippen LogP contribution in [0.3, 0.4) is 0 Å². The zero-order chi connectivity index (χ0) is 8.06. The summed E-state index contributed by atoms with van der Waals surface area (Å²) in [5.74, 6) is 0.897. The molecule has 4 atom stereocenters. The highest BCUT2D eigenvalue weighted by Crippen LogP contribution is 2.52. The van der Waals surface area contributed by atoms with Crippen molar-refractivity contribution in [3.8, 4) is 0 Å². The molecule has 0 amide bonds. The molecule has 2 nitrogen and oxygen atoms in total. The minimum Gasteiger partial charge on any atom is -0.389 e. The van der Waals surface area contributed by atoms with Crippen molar-refractivity contribution in [2.45, 2.75) is 38.4 Å². The van der Waals surface area contributed by atoms with Crippen LogP contribution in [0.15, 0.2) is 0 Å². The van der Waals surface area contributed by atoms with Crippen LogP contribution in [0.2, 0.25) is 0 Å². The van der Waals surface area contributed by atoms with Gasteiger partial charge in [0.1, 0.15) is 0 Å². The lowest BCUT2D eigenvalue weighted by molar-refractivity contribution is 0.0194. The minimum atomic E-state index is -0.365.